The fourth-order valence-electron chi connectivity index (χ4n) is 2.33. The number of halogens is 1. The first-order valence-electron chi connectivity index (χ1n) is 6.43. The van der Waals surface area contributed by atoms with E-state index in [2.05, 4.69) is 26.1 Å². The van der Waals surface area contributed by atoms with Gasteiger partial charge in [-0.1, -0.05) is 6.42 Å². The summed E-state index contributed by atoms with van der Waals surface area (Å²) in [4.78, 5) is 14.4. The molecule has 1 amide bonds. The van der Waals surface area contributed by atoms with Crippen LogP contribution in [0.4, 0.5) is 0 Å². The molecule has 0 bridgehead atoms. The summed E-state index contributed by atoms with van der Waals surface area (Å²) in [6, 6.07) is 1.82. The van der Waals surface area contributed by atoms with E-state index in [9.17, 15) is 4.79 Å². The third-order valence-corrected chi connectivity index (χ3v) is 3.83. The summed E-state index contributed by atoms with van der Waals surface area (Å²) < 4.78 is 5.55. The van der Waals surface area contributed by atoms with Crippen LogP contribution in [0.2, 0.25) is 0 Å². The van der Waals surface area contributed by atoms with Gasteiger partial charge in [-0.05, 0) is 54.9 Å². The summed E-state index contributed by atoms with van der Waals surface area (Å²) >= 11 is 3.22. The Morgan fingerprint density at radius 1 is 1.50 bits per heavy atom. The zero-order chi connectivity index (χ0) is 13.0. The van der Waals surface area contributed by atoms with Crippen molar-refractivity contribution in [3.8, 4) is 0 Å². The predicted octanol–water partition coefficient (Wildman–Crippen LogP) is 2.65. The molecule has 0 spiro atoms. The second kappa shape index (κ2) is 6.38. The number of rotatable bonds is 4. The van der Waals surface area contributed by atoms with Crippen LogP contribution in [0.5, 0.6) is 0 Å². The molecule has 1 N–H and O–H groups in total. The van der Waals surface area contributed by atoms with Gasteiger partial charge in [0.2, 0.25) is 0 Å². The number of nitrogens with one attached hydrogen (secondary N) is 1. The lowest BCUT2D eigenvalue weighted by Crippen LogP contribution is -2.43. The van der Waals surface area contributed by atoms with E-state index < -0.39 is 0 Å². The highest BCUT2D eigenvalue weighted by Gasteiger charge is 2.17. The van der Waals surface area contributed by atoms with E-state index in [4.69, 9.17) is 4.42 Å². The van der Waals surface area contributed by atoms with Crippen LogP contribution in [-0.2, 0) is 0 Å². The van der Waals surface area contributed by atoms with Gasteiger partial charge in [0.1, 0.15) is 0 Å². The van der Waals surface area contributed by atoms with Crippen LogP contribution in [-0.4, -0.2) is 36.5 Å². The summed E-state index contributed by atoms with van der Waals surface area (Å²) in [5, 5.41) is 3.00. The summed E-state index contributed by atoms with van der Waals surface area (Å²) in [5.41, 5.74) is 0.556. The molecule has 0 aliphatic carbocycles. The standard InChI is InChI=1S/C13H19BrN2O2/c1-10(9-16-6-3-2-4-7-16)15-13(17)11-5-8-18-12(11)14/h5,8,10H,2-4,6-7,9H2,1H3,(H,15,17). The summed E-state index contributed by atoms with van der Waals surface area (Å²) in [6.07, 6.45) is 5.38. The number of likely N-dealkylation sites (tertiary alicyclic amines) is 1. The molecule has 2 rings (SSSR count). The second-order valence-corrected chi connectivity index (χ2v) is 5.56. The normalized spacial score (nSPS) is 18.6. The van der Waals surface area contributed by atoms with Crippen molar-refractivity contribution in [1.82, 2.24) is 10.2 Å². The van der Waals surface area contributed by atoms with E-state index in [-0.39, 0.29) is 11.9 Å². The van der Waals surface area contributed by atoms with Crippen LogP contribution in [0.15, 0.2) is 21.4 Å². The lowest BCUT2D eigenvalue weighted by atomic mass is 10.1. The molecule has 1 aliphatic rings. The Morgan fingerprint density at radius 3 is 2.83 bits per heavy atom. The molecule has 2 heterocycles. The fourth-order valence-corrected chi connectivity index (χ4v) is 2.75. The van der Waals surface area contributed by atoms with Gasteiger partial charge < -0.3 is 14.6 Å². The van der Waals surface area contributed by atoms with Crippen molar-refractivity contribution in [3.05, 3.63) is 22.6 Å². The average Bonchev–Trinajstić information content (AvgIpc) is 2.76. The van der Waals surface area contributed by atoms with Gasteiger partial charge in [0.15, 0.2) is 4.67 Å². The minimum absolute atomic E-state index is 0.0832. The number of nitrogens with zero attached hydrogens (tertiary/aromatic N) is 1. The molecule has 5 heteroatoms. The van der Waals surface area contributed by atoms with Crippen LogP contribution in [0.1, 0.15) is 36.5 Å². The molecule has 100 valence electrons. The number of hydrogen-bond donors (Lipinski definition) is 1. The van der Waals surface area contributed by atoms with Crippen LogP contribution in [0.25, 0.3) is 0 Å². The molecule has 1 saturated heterocycles. The molecule has 1 atom stereocenters. The molecule has 1 fully saturated rings. The lowest BCUT2D eigenvalue weighted by Gasteiger charge is -2.29. The van der Waals surface area contributed by atoms with Crippen molar-refractivity contribution in [2.24, 2.45) is 0 Å². The van der Waals surface area contributed by atoms with Crippen LogP contribution < -0.4 is 5.32 Å². The molecule has 1 aliphatic heterocycles. The lowest BCUT2D eigenvalue weighted by molar-refractivity contribution is 0.0924. The minimum atomic E-state index is -0.0832. The Kier molecular flexibility index (Phi) is 4.83. The minimum Gasteiger partial charge on any atom is -0.457 e. The van der Waals surface area contributed by atoms with Gasteiger partial charge in [-0.25, -0.2) is 0 Å². The monoisotopic (exact) mass is 314 g/mol. The molecule has 0 aromatic carbocycles. The SMILES string of the molecule is CC(CN1CCCCC1)NC(=O)c1ccoc1Br. The van der Waals surface area contributed by atoms with Crippen molar-refractivity contribution in [3.63, 3.8) is 0 Å². The number of piperidine rings is 1. The van der Waals surface area contributed by atoms with Crippen LogP contribution >= 0.6 is 15.9 Å². The van der Waals surface area contributed by atoms with Gasteiger partial charge >= 0.3 is 0 Å². The Balaban J connectivity index is 1.81. The van der Waals surface area contributed by atoms with Gasteiger partial charge in [0, 0.05) is 12.6 Å². The molecule has 0 saturated carbocycles. The van der Waals surface area contributed by atoms with Gasteiger partial charge in [0.05, 0.1) is 11.8 Å². The number of amides is 1. The fraction of sp³-hybridized carbons (Fsp3) is 0.615. The van der Waals surface area contributed by atoms with Crippen molar-refractivity contribution < 1.29 is 9.21 Å². The van der Waals surface area contributed by atoms with Crippen molar-refractivity contribution in [2.75, 3.05) is 19.6 Å². The van der Waals surface area contributed by atoms with Crippen molar-refractivity contribution in [2.45, 2.75) is 32.2 Å². The highest BCUT2D eigenvalue weighted by atomic mass is 79.9. The highest BCUT2D eigenvalue weighted by Crippen LogP contribution is 2.17. The third-order valence-electron chi connectivity index (χ3n) is 3.22. The smallest absolute Gasteiger partial charge is 0.256 e. The first kappa shape index (κ1) is 13.6. The zero-order valence-electron chi connectivity index (χ0n) is 10.6. The summed E-state index contributed by atoms with van der Waals surface area (Å²) in [7, 11) is 0. The largest absolute Gasteiger partial charge is 0.457 e. The maximum Gasteiger partial charge on any atom is 0.256 e. The van der Waals surface area contributed by atoms with Crippen molar-refractivity contribution in [1.29, 1.82) is 0 Å². The van der Waals surface area contributed by atoms with Gasteiger partial charge in [0.25, 0.3) is 5.91 Å². The van der Waals surface area contributed by atoms with Crippen molar-refractivity contribution >= 4 is 21.8 Å². The average molecular weight is 315 g/mol. The molecular weight excluding hydrogens is 296 g/mol. The number of furan rings is 1. The van der Waals surface area contributed by atoms with Gasteiger partial charge in [-0.2, -0.15) is 0 Å². The maximum absolute atomic E-state index is 12.0. The second-order valence-electron chi connectivity index (χ2n) is 4.84. The van der Waals surface area contributed by atoms with E-state index in [0.717, 1.165) is 19.6 Å². The molecule has 4 nitrogen and oxygen atoms in total. The zero-order valence-corrected chi connectivity index (χ0v) is 12.2. The first-order chi connectivity index (χ1) is 8.66. The highest BCUT2D eigenvalue weighted by molar-refractivity contribution is 9.10. The number of hydrogen-bond acceptors (Lipinski definition) is 3. The topological polar surface area (TPSA) is 45.5 Å². The van der Waals surface area contributed by atoms with Crippen LogP contribution in [0.3, 0.4) is 0 Å². The van der Waals surface area contributed by atoms with Crippen LogP contribution in [0, 0.1) is 0 Å². The van der Waals surface area contributed by atoms with E-state index in [1.807, 2.05) is 6.92 Å². The molecule has 18 heavy (non-hydrogen) atoms. The molecule has 0 radical (unpaired) electrons. The molecular formula is C13H19BrN2O2. The Bertz CT molecular complexity index is 399. The van der Waals surface area contributed by atoms with Gasteiger partial charge in [-0.3, -0.25) is 4.79 Å². The Morgan fingerprint density at radius 2 is 2.22 bits per heavy atom. The maximum atomic E-state index is 12.0. The summed E-state index contributed by atoms with van der Waals surface area (Å²) in [6.45, 7) is 5.26. The van der Waals surface area contributed by atoms with Gasteiger partial charge in [-0.15, -0.1) is 0 Å². The quantitative estimate of drug-likeness (QED) is 0.929. The number of carbonyl (C=O) groups is 1. The van der Waals surface area contributed by atoms with E-state index in [1.165, 1.54) is 25.5 Å². The molecule has 1 aromatic rings. The third kappa shape index (κ3) is 3.59. The predicted molar refractivity (Wildman–Crippen MR) is 73.6 cm³/mol. The van der Waals surface area contributed by atoms with E-state index >= 15 is 0 Å². The molecule has 1 aromatic heterocycles. The Labute approximate surface area is 116 Å². The summed E-state index contributed by atoms with van der Waals surface area (Å²) in [5.74, 6) is -0.0832. The Hall–Kier alpha value is -0.810. The van der Waals surface area contributed by atoms with E-state index in [0.29, 0.717) is 10.2 Å². The first-order valence-corrected chi connectivity index (χ1v) is 7.22. The number of carbonyl (C=O) groups excluding carboxylic acids is 1. The van der Waals surface area contributed by atoms with E-state index in [1.54, 1.807) is 6.07 Å². The molecule has 1 unspecified atom stereocenters.